The highest BCUT2D eigenvalue weighted by Crippen LogP contribution is 2.34. The molecule has 0 aliphatic rings. The maximum absolute atomic E-state index is 4.49. The highest BCUT2D eigenvalue weighted by Gasteiger charge is 2.13. The van der Waals surface area contributed by atoms with E-state index in [-0.39, 0.29) is 0 Å². The summed E-state index contributed by atoms with van der Waals surface area (Å²) >= 11 is 3.10. The van der Waals surface area contributed by atoms with Crippen LogP contribution in [-0.4, -0.2) is 32.2 Å². The number of aryl methyl sites for hydroxylation is 2. The molecule has 0 spiro atoms. The number of aromatic nitrogens is 5. The van der Waals surface area contributed by atoms with Gasteiger partial charge in [0.25, 0.3) is 0 Å². The van der Waals surface area contributed by atoms with Gasteiger partial charge in [-0.05, 0) is 31.7 Å². The van der Waals surface area contributed by atoms with Gasteiger partial charge in [0.1, 0.15) is 15.7 Å². The van der Waals surface area contributed by atoms with E-state index in [2.05, 4.69) is 43.5 Å². The molecule has 2 N–H and O–H groups in total. The van der Waals surface area contributed by atoms with Crippen LogP contribution in [0.5, 0.6) is 0 Å². The number of nitrogens with one attached hydrogen (secondary N) is 2. The zero-order valence-corrected chi connectivity index (χ0v) is 12.3. The van der Waals surface area contributed by atoms with Crippen LogP contribution in [0.3, 0.4) is 0 Å². The maximum Gasteiger partial charge on any atom is 0.224 e. The van der Waals surface area contributed by atoms with Crippen molar-refractivity contribution in [3.63, 3.8) is 0 Å². The minimum atomic E-state index is 0.615. The third kappa shape index (κ3) is 2.41. The number of thiophene rings is 1. The van der Waals surface area contributed by atoms with Crippen LogP contribution in [0.4, 0.5) is 5.95 Å². The lowest BCUT2D eigenvalue weighted by molar-refractivity contribution is 0.965. The monoisotopic (exact) mass is 292 g/mol. The first-order valence-corrected chi connectivity index (χ1v) is 7.32. The second-order valence-electron chi connectivity index (χ2n) is 3.98. The summed E-state index contributed by atoms with van der Waals surface area (Å²) in [4.78, 5) is 15.4. The molecule has 0 radical (unpaired) electrons. The molecule has 0 atom stereocenters. The first-order chi connectivity index (χ1) is 9.15. The Labute approximate surface area is 118 Å². The van der Waals surface area contributed by atoms with Gasteiger partial charge in [0.15, 0.2) is 0 Å². The number of hydrogen-bond acceptors (Lipinski definition) is 7. The topological polar surface area (TPSA) is 79.4 Å². The molecule has 0 fully saturated rings. The summed E-state index contributed by atoms with van der Waals surface area (Å²) in [6, 6.07) is 2.10. The predicted octanol–water partition coefficient (Wildman–Crippen LogP) is 2.62. The Morgan fingerprint density at radius 3 is 2.79 bits per heavy atom. The predicted molar refractivity (Wildman–Crippen MR) is 76.9 cm³/mol. The molecule has 0 aliphatic carbocycles. The van der Waals surface area contributed by atoms with Gasteiger partial charge >= 0.3 is 0 Å². The lowest BCUT2D eigenvalue weighted by Crippen LogP contribution is -1.97. The van der Waals surface area contributed by atoms with E-state index in [1.807, 2.05) is 14.0 Å². The first-order valence-electron chi connectivity index (χ1n) is 5.68. The van der Waals surface area contributed by atoms with Gasteiger partial charge in [-0.25, -0.2) is 15.0 Å². The molecule has 3 heterocycles. The number of nitrogens with zero attached hydrogens (tertiary/aromatic N) is 4. The standard InChI is InChI=1S/C11H12N6S2/c1-5-4-7-8(18-5)14-10(12-3)15-9(7)19-11-13-6(2)16-17-11/h4H,1-3H3,(H,12,14,15)(H,13,16,17). The number of H-pyrrole nitrogens is 1. The minimum Gasteiger partial charge on any atom is -0.357 e. The van der Waals surface area contributed by atoms with E-state index in [1.54, 1.807) is 11.3 Å². The maximum atomic E-state index is 4.49. The molecule has 0 saturated carbocycles. The van der Waals surface area contributed by atoms with Crippen LogP contribution in [0, 0.1) is 13.8 Å². The summed E-state index contributed by atoms with van der Waals surface area (Å²) in [6.07, 6.45) is 0. The first kappa shape index (κ1) is 12.4. The molecule has 6 nitrogen and oxygen atoms in total. The van der Waals surface area contributed by atoms with Crippen LogP contribution in [0.2, 0.25) is 0 Å². The molecule has 0 unspecified atom stereocenters. The van der Waals surface area contributed by atoms with E-state index >= 15 is 0 Å². The van der Waals surface area contributed by atoms with E-state index in [0.29, 0.717) is 11.1 Å². The fourth-order valence-corrected chi connectivity index (χ4v) is 3.45. The molecule has 98 valence electrons. The normalized spacial score (nSPS) is 11.1. The van der Waals surface area contributed by atoms with Crippen molar-refractivity contribution < 1.29 is 0 Å². The van der Waals surface area contributed by atoms with Crippen molar-refractivity contribution in [1.29, 1.82) is 0 Å². The van der Waals surface area contributed by atoms with Crippen molar-refractivity contribution in [1.82, 2.24) is 25.1 Å². The third-order valence-electron chi connectivity index (χ3n) is 2.47. The Morgan fingerprint density at radius 2 is 2.11 bits per heavy atom. The Hall–Kier alpha value is -1.67. The van der Waals surface area contributed by atoms with Crippen molar-refractivity contribution >= 4 is 39.3 Å². The zero-order valence-electron chi connectivity index (χ0n) is 10.7. The summed E-state index contributed by atoms with van der Waals surface area (Å²) in [5.41, 5.74) is 0. The molecular weight excluding hydrogens is 280 g/mol. The Bertz CT molecular complexity index is 732. The highest BCUT2D eigenvalue weighted by atomic mass is 32.2. The quantitative estimate of drug-likeness (QED) is 0.722. The van der Waals surface area contributed by atoms with E-state index in [4.69, 9.17) is 0 Å². The molecule has 8 heteroatoms. The molecule has 3 rings (SSSR count). The van der Waals surface area contributed by atoms with Crippen LogP contribution >= 0.6 is 23.1 Å². The number of rotatable bonds is 3. The van der Waals surface area contributed by atoms with Gasteiger partial charge < -0.3 is 5.32 Å². The van der Waals surface area contributed by atoms with E-state index in [0.717, 1.165) is 21.1 Å². The van der Waals surface area contributed by atoms with Gasteiger partial charge in [-0.3, -0.25) is 5.10 Å². The summed E-state index contributed by atoms with van der Waals surface area (Å²) in [6.45, 7) is 3.94. The highest BCUT2D eigenvalue weighted by molar-refractivity contribution is 7.99. The Morgan fingerprint density at radius 1 is 1.26 bits per heavy atom. The minimum absolute atomic E-state index is 0.615. The SMILES string of the molecule is CNc1nc(Sc2n[nH]c(C)n2)c2cc(C)sc2n1. The molecular formula is C11H12N6S2. The van der Waals surface area contributed by atoms with Crippen molar-refractivity contribution in [3.8, 4) is 0 Å². The Kier molecular flexibility index (Phi) is 3.11. The lowest BCUT2D eigenvalue weighted by atomic mass is 10.4. The smallest absolute Gasteiger partial charge is 0.224 e. The van der Waals surface area contributed by atoms with Crippen LogP contribution < -0.4 is 5.32 Å². The van der Waals surface area contributed by atoms with Crippen LogP contribution in [0.25, 0.3) is 10.2 Å². The van der Waals surface area contributed by atoms with Crippen molar-refractivity contribution in [2.24, 2.45) is 0 Å². The van der Waals surface area contributed by atoms with Gasteiger partial charge in [-0.1, -0.05) is 0 Å². The zero-order chi connectivity index (χ0) is 13.4. The van der Waals surface area contributed by atoms with Crippen molar-refractivity contribution in [2.45, 2.75) is 24.0 Å². The van der Waals surface area contributed by atoms with Crippen LogP contribution in [-0.2, 0) is 0 Å². The molecule has 3 aromatic rings. The third-order valence-corrected chi connectivity index (χ3v) is 4.28. The average molecular weight is 292 g/mol. The van der Waals surface area contributed by atoms with E-state index < -0.39 is 0 Å². The number of aromatic amines is 1. The lowest BCUT2D eigenvalue weighted by Gasteiger charge is -2.02. The largest absolute Gasteiger partial charge is 0.357 e. The van der Waals surface area contributed by atoms with E-state index in [9.17, 15) is 0 Å². The second kappa shape index (κ2) is 4.78. The van der Waals surface area contributed by atoms with E-state index in [1.165, 1.54) is 16.6 Å². The summed E-state index contributed by atoms with van der Waals surface area (Å²) in [7, 11) is 1.81. The molecule has 19 heavy (non-hydrogen) atoms. The molecule has 0 aliphatic heterocycles. The fourth-order valence-electron chi connectivity index (χ4n) is 1.66. The molecule has 0 bridgehead atoms. The molecule has 0 aromatic carbocycles. The van der Waals surface area contributed by atoms with Crippen LogP contribution in [0.15, 0.2) is 16.2 Å². The molecule has 0 amide bonds. The number of fused-ring (bicyclic) bond motifs is 1. The summed E-state index contributed by atoms with van der Waals surface area (Å²) in [5.74, 6) is 1.41. The van der Waals surface area contributed by atoms with Gasteiger partial charge in [0.2, 0.25) is 11.1 Å². The van der Waals surface area contributed by atoms with Crippen LogP contribution in [0.1, 0.15) is 10.7 Å². The van der Waals surface area contributed by atoms with Gasteiger partial charge in [-0.2, -0.15) is 0 Å². The molecule has 3 aromatic heterocycles. The van der Waals surface area contributed by atoms with Gasteiger partial charge in [0.05, 0.1) is 0 Å². The number of anilines is 1. The molecule has 0 saturated heterocycles. The van der Waals surface area contributed by atoms with Gasteiger partial charge in [-0.15, -0.1) is 16.4 Å². The average Bonchev–Trinajstić information content (AvgIpc) is 2.94. The summed E-state index contributed by atoms with van der Waals surface area (Å²) in [5, 5.41) is 12.5. The van der Waals surface area contributed by atoms with Crippen molar-refractivity contribution in [3.05, 3.63) is 16.8 Å². The van der Waals surface area contributed by atoms with Gasteiger partial charge in [0, 0.05) is 17.3 Å². The Balaban J connectivity index is 2.09. The summed E-state index contributed by atoms with van der Waals surface area (Å²) < 4.78 is 0. The fraction of sp³-hybridized carbons (Fsp3) is 0.273. The number of hydrogen-bond donors (Lipinski definition) is 2. The van der Waals surface area contributed by atoms with Crippen molar-refractivity contribution in [2.75, 3.05) is 12.4 Å². The second-order valence-corrected chi connectivity index (χ2v) is 6.17.